The average molecular weight is 326 g/mol. The van der Waals surface area contributed by atoms with E-state index in [-0.39, 0.29) is 0 Å². The highest BCUT2D eigenvalue weighted by atomic mass is 16.3. The van der Waals surface area contributed by atoms with Gasteiger partial charge in [0.2, 0.25) is 0 Å². The van der Waals surface area contributed by atoms with E-state index in [0.717, 1.165) is 11.5 Å². The standard InChI is InChI=1S/C24H22O/c1-15-5-3-6-18-17(15)10-11-21-19-7-4-8-23(22(19)13-12-20(18)21)24-14-9-16(2)25-24/h4,7-15H,3,5-6H2,1-2H3. The largest absolute Gasteiger partial charge is 0.461 e. The number of hydrogen-bond donors (Lipinski definition) is 0. The molecule has 124 valence electrons. The van der Waals surface area contributed by atoms with Gasteiger partial charge < -0.3 is 4.42 Å². The summed E-state index contributed by atoms with van der Waals surface area (Å²) < 4.78 is 5.89. The van der Waals surface area contributed by atoms with E-state index in [1.54, 1.807) is 11.1 Å². The van der Waals surface area contributed by atoms with E-state index >= 15 is 0 Å². The van der Waals surface area contributed by atoms with E-state index in [0.29, 0.717) is 5.92 Å². The molecule has 0 bridgehead atoms. The number of furan rings is 1. The molecule has 0 saturated heterocycles. The number of rotatable bonds is 1. The lowest BCUT2D eigenvalue weighted by Gasteiger charge is -2.24. The van der Waals surface area contributed by atoms with Gasteiger partial charge in [-0.15, -0.1) is 0 Å². The summed E-state index contributed by atoms with van der Waals surface area (Å²) in [6.07, 6.45) is 3.82. The molecule has 4 aromatic rings. The highest BCUT2D eigenvalue weighted by molar-refractivity contribution is 6.12. The summed E-state index contributed by atoms with van der Waals surface area (Å²) in [5, 5.41) is 5.40. The van der Waals surface area contributed by atoms with E-state index in [4.69, 9.17) is 4.42 Å². The summed E-state index contributed by atoms with van der Waals surface area (Å²) in [5.74, 6) is 2.59. The predicted octanol–water partition coefficient (Wildman–Crippen LogP) is 7.00. The molecule has 0 amide bonds. The van der Waals surface area contributed by atoms with Crippen LogP contribution in [0.1, 0.15) is 42.6 Å². The normalized spacial score (nSPS) is 17.1. The molecule has 1 heteroatoms. The van der Waals surface area contributed by atoms with Crippen LogP contribution in [0, 0.1) is 6.92 Å². The van der Waals surface area contributed by atoms with Gasteiger partial charge in [0.15, 0.2) is 0 Å². The quantitative estimate of drug-likeness (QED) is 0.343. The molecule has 1 atom stereocenters. The highest BCUT2D eigenvalue weighted by Crippen LogP contribution is 2.39. The Morgan fingerprint density at radius 2 is 1.64 bits per heavy atom. The number of aryl methyl sites for hydroxylation is 2. The first kappa shape index (κ1) is 14.8. The Morgan fingerprint density at radius 1 is 0.840 bits per heavy atom. The summed E-state index contributed by atoms with van der Waals surface area (Å²) in [6, 6.07) is 20.0. The smallest absolute Gasteiger partial charge is 0.134 e. The van der Waals surface area contributed by atoms with Crippen molar-refractivity contribution in [2.24, 2.45) is 0 Å². The maximum atomic E-state index is 5.89. The maximum absolute atomic E-state index is 5.89. The van der Waals surface area contributed by atoms with Gasteiger partial charge in [0, 0.05) is 5.56 Å². The summed E-state index contributed by atoms with van der Waals surface area (Å²) in [5.41, 5.74) is 4.30. The molecule has 0 spiro atoms. The van der Waals surface area contributed by atoms with Gasteiger partial charge in [-0.25, -0.2) is 0 Å². The van der Waals surface area contributed by atoms with Crippen LogP contribution in [0.4, 0.5) is 0 Å². The van der Waals surface area contributed by atoms with Gasteiger partial charge in [0.1, 0.15) is 11.5 Å². The Hall–Kier alpha value is -2.54. The predicted molar refractivity (Wildman–Crippen MR) is 105 cm³/mol. The van der Waals surface area contributed by atoms with Crippen molar-refractivity contribution < 1.29 is 4.42 Å². The van der Waals surface area contributed by atoms with Gasteiger partial charge in [-0.05, 0) is 76.9 Å². The third-order valence-electron chi connectivity index (χ3n) is 5.81. The average Bonchev–Trinajstić information content (AvgIpc) is 3.07. The summed E-state index contributed by atoms with van der Waals surface area (Å²) in [4.78, 5) is 0. The van der Waals surface area contributed by atoms with Gasteiger partial charge in [-0.2, -0.15) is 0 Å². The second-order valence-electron chi connectivity index (χ2n) is 7.40. The van der Waals surface area contributed by atoms with E-state index in [1.165, 1.54) is 46.4 Å². The summed E-state index contributed by atoms with van der Waals surface area (Å²) >= 11 is 0. The number of benzene rings is 3. The third-order valence-corrected chi connectivity index (χ3v) is 5.81. The molecule has 1 aromatic heterocycles. The minimum absolute atomic E-state index is 0.682. The van der Waals surface area contributed by atoms with Crippen LogP contribution in [0.5, 0.6) is 0 Å². The number of hydrogen-bond acceptors (Lipinski definition) is 1. The van der Waals surface area contributed by atoms with Crippen LogP contribution >= 0.6 is 0 Å². The highest BCUT2D eigenvalue weighted by Gasteiger charge is 2.19. The Morgan fingerprint density at radius 3 is 2.48 bits per heavy atom. The second kappa shape index (κ2) is 5.49. The molecule has 1 heterocycles. The zero-order chi connectivity index (χ0) is 17.0. The molecule has 5 rings (SSSR count). The first-order valence-electron chi connectivity index (χ1n) is 9.26. The first-order chi connectivity index (χ1) is 12.2. The zero-order valence-electron chi connectivity index (χ0n) is 14.8. The van der Waals surface area contributed by atoms with Crippen molar-refractivity contribution in [3.05, 3.63) is 71.5 Å². The maximum Gasteiger partial charge on any atom is 0.134 e. The van der Waals surface area contributed by atoms with E-state index in [1.807, 2.05) is 13.0 Å². The van der Waals surface area contributed by atoms with Crippen molar-refractivity contribution in [3.8, 4) is 11.3 Å². The van der Waals surface area contributed by atoms with Crippen molar-refractivity contribution in [1.82, 2.24) is 0 Å². The molecular weight excluding hydrogens is 304 g/mol. The van der Waals surface area contributed by atoms with Crippen LogP contribution in [-0.2, 0) is 6.42 Å². The zero-order valence-corrected chi connectivity index (χ0v) is 14.8. The Balaban J connectivity index is 1.82. The van der Waals surface area contributed by atoms with Crippen molar-refractivity contribution in [2.75, 3.05) is 0 Å². The van der Waals surface area contributed by atoms with Crippen LogP contribution in [0.15, 0.2) is 59.0 Å². The molecule has 1 aliphatic rings. The van der Waals surface area contributed by atoms with Crippen LogP contribution in [0.2, 0.25) is 0 Å². The van der Waals surface area contributed by atoms with Gasteiger partial charge in [-0.1, -0.05) is 49.4 Å². The monoisotopic (exact) mass is 326 g/mol. The molecule has 1 nitrogen and oxygen atoms in total. The molecule has 1 unspecified atom stereocenters. The first-order valence-corrected chi connectivity index (χ1v) is 9.26. The summed E-state index contributed by atoms with van der Waals surface area (Å²) in [6.45, 7) is 4.36. The van der Waals surface area contributed by atoms with Gasteiger partial charge in [0.25, 0.3) is 0 Å². The SMILES string of the molecule is Cc1ccc(-c2cccc3c2ccc2c4c(ccc23)C(C)CCC4)o1. The lowest BCUT2D eigenvalue weighted by atomic mass is 9.81. The minimum atomic E-state index is 0.682. The number of fused-ring (bicyclic) bond motifs is 5. The topological polar surface area (TPSA) is 13.1 Å². The van der Waals surface area contributed by atoms with Crippen LogP contribution < -0.4 is 0 Å². The molecule has 0 aliphatic heterocycles. The van der Waals surface area contributed by atoms with Crippen molar-refractivity contribution in [2.45, 2.75) is 39.0 Å². The van der Waals surface area contributed by atoms with Gasteiger partial charge in [0.05, 0.1) is 0 Å². The molecule has 0 fully saturated rings. The molecule has 0 N–H and O–H groups in total. The minimum Gasteiger partial charge on any atom is -0.461 e. The second-order valence-corrected chi connectivity index (χ2v) is 7.40. The van der Waals surface area contributed by atoms with Crippen molar-refractivity contribution >= 4 is 21.5 Å². The van der Waals surface area contributed by atoms with Crippen molar-refractivity contribution in [1.29, 1.82) is 0 Å². The van der Waals surface area contributed by atoms with Gasteiger partial charge >= 0.3 is 0 Å². The third kappa shape index (κ3) is 2.22. The molecule has 0 radical (unpaired) electrons. The fourth-order valence-electron chi connectivity index (χ4n) is 4.53. The van der Waals surface area contributed by atoms with Crippen LogP contribution in [-0.4, -0.2) is 0 Å². The van der Waals surface area contributed by atoms with E-state index in [9.17, 15) is 0 Å². The lowest BCUT2D eigenvalue weighted by molar-refractivity contribution is 0.549. The van der Waals surface area contributed by atoms with Crippen LogP contribution in [0.25, 0.3) is 32.9 Å². The van der Waals surface area contributed by atoms with E-state index in [2.05, 4.69) is 55.5 Å². The Kier molecular flexibility index (Phi) is 3.24. The molecular formula is C24H22O. The fraction of sp³-hybridized carbons (Fsp3) is 0.250. The molecule has 0 saturated carbocycles. The summed E-state index contributed by atoms with van der Waals surface area (Å²) in [7, 11) is 0. The van der Waals surface area contributed by atoms with E-state index < -0.39 is 0 Å². The Labute approximate surface area is 148 Å². The fourth-order valence-corrected chi connectivity index (χ4v) is 4.53. The Bertz CT molecular complexity index is 1100. The van der Waals surface area contributed by atoms with Crippen LogP contribution in [0.3, 0.4) is 0 Å². The molecule has 25 heavy (non-hydrogen) atoms. The lowest BCUT2D eigenvalue weighted by Crippen LogP contribution is -2.07. The van der Waals surface area contributed by atoms with Crippen molar-refractivity contribution in [3.63, 3.8) is 0 Å². The molecule has 3 aromatic carbocycles. The molecule has 1 aliphatic carbocycles. The van der Waals surface area contributed by atoms with Gasteiger partial charge in [-0.3, -0.25) is 0 Å².